The molecular formula is C22H35F2N9O3. The zero-order valence-electron chi connectivity index (χ0n) is 20.5. The van der Waals surface area contributed by atoms with Crippen LogP contribution in [-0.4, -0.2) is 139 Å². The number of carbonyl (C=O) groups excluding carboxylic acids is 2. The predicted molar refractivity (Wildman–Crippen MR) is 128 cm³/mol. The van der Waals surface area contributed by atoms with Crippen LogP contribution in [0.15, 0.2) is 0 Å². The van der Waals surface area contributed by atoms with E-state index >= 15 is 4.39 Å². The van der Waals surface area contributed by atoms with E-state index in [-0.39, 0.29) is 43.0 Å². The molecule has 5 heterocycles. The number of hydrogen-bond acceptors (Lipinski definition) is 9. The number of aromatic nitrogens is 2. The lowest BCUT2D eigenvalue weighted by atomic mass is 9.96. The summed E-state index contributed by atoms with van der Waals surface area (Å²) in [7, 11) is 1.92. The van der Waals surface area contributed by atoms with Crippen molar-refractivity contribution in [3.8, 4) is 0 Å². The van der Waals surface area contributed by atoms with Gasteiger partial charge in [0, 0.05) is 52.4 Å². The Morgan fingerprint density at radius 2 is 1.92 bits per heavy atom. The van der Waals surface area contributed by atoms with E-state index in [2.05, 4.69) is 21.0 Å². The molecule has 0 bridgehead atoms. The molecule has 1 aromatic rings. The van der Waals surface area contributed by atoms with E-state index in [4.69, 9.17) is 10.5 Å². The van der Waals surface area contributed by atoms with E-state index in [0.717, 1.165) is 0 Å². The number of rotatable bonds is 4. The van der Waals surface area contributed by atoms with Crippen molar-refractivity contribution >= 4 is 23.5 Å². The molecule has 0 radical (unpaired) electrons. The third-order valence-corrected chi connectivity index (χ3v) is 7.60. The highest BCUT2D eigenvalue weighted by Gasteiger charge is 2.42. The summed E-state index contributed by atoms with van der Waals surface area (Å²) in [5, 5.41) is 13.0. The number of piperazine rings is 1. The molecule has 5 unspecified atom stereocenters. The van der Waals surface area contributed by atoms with Gasteiger partial charge >= 0.3 is 0 Å². The van der Waals surface area contributed by atoms with Crippen LogP contribution >= 0.6 is 0 Å². The molecule has 0 aromatic carbocycles. The lowest BCUT2D eigenvalue weighted by Gasteiger charge is -2.46. The van der Waals surface area contributed by atoms with Crippen LogP contribution < -0.4 is 21.7 Å². The Hall–Kier alpha value is -2.55. The first-order chi connectivity index (χ1) is 17.3. The number of ether oxygens (including phenoxy) is 1. The fourth-order valence-electron chi connectivity index (χ4n) is 5.60. The molecule has 0 saturated carbocycles. The summed E-state index contributed by atoms with van der Waals surface area (Å²) in [4.78, 5) is 32.1. The van der Waals surface area contributed by atoms with E-state index in [1.54, 1.807) is 0 Å². The minimum Gasteiger partial charge on any atom is -0.381 e. The molecule has 3 fully saturated rings. The second kappa shape index (κ2) is 10.4. The molecule has 0 spiro atoms. The molecule has 5 atom stereocenters. The first-order valence-corrected chi connectivity index (χ1v) is 12.5. The van der Waals surface area contributed by atoms with Crippen LogP contribution in [0, 0.1) is 0 Å². The Kier molecular flexibility index (Phi) is 7.28. The first kappa shape index (κ1) is 25.1. The van der Waals surface area contributed by atoms with Crippen LogP contribution in [0.2, 0.25) is 0 Å². The normalized spacial score (nSPS) is 32.0. The summed E-state index contributed by atoms with van der Waals surface area (Å²) >= 11 is 0. The Labute approximate surface area is 208 Å². The molecule has 2 amide bonds. The zero-order valence-corrected chi connectivity index (χ0v) is 20.5. The van der Waals surface area contributed by atoms with E-state index in [1.807, 2.05) is 21.7 Å². The lowest BCUT2D eigenvalue weighted by Crippen LogP contribution is -2.68. The van der Waals surface area contributed by atoms with Crippen LogP contribution in [-0.2, 0) is 16.1 Å². The number of anilines is 2. The van der Waals surface area contributed by atoms with Crippen LogP contribution in [0.25, 0.3) is 0 Å². The summed E-state index contributed by atoms with van der Waals surface area (Å²) in [6.45, 7) is 4.36. The van der Waals surface area contributed by atoms with Crippen molar-refractivity contribution in [1.29, 1.82) is 0 Å². The van der Waals surface area contributed by atoms with Gasteiger partial charge in [-0.15, -0.1) is 0 Å². The number of nitrogens with two attached hydrogens (primary N) is 1. The van der Waals surface area contributed by atoms with E-state index in [1.165, 1.54) is 4.68 Å². The van der Waals surface area contributed by atoms with Crippen molar-refractivity contribution in [2.24, 2.45) is 0 Å². The van der Waals surface area contributed by atoms with Gasteiger partial charge in [0.05, 0.1) is 31.8 Å². The van der Waals surface area contributed by atoms with Gasteiger partial charge in [-0.05, 0) is 7.05 Å². The molecule has 36 heavy (non-hydrogen) atoms. The predicted octanol–water partition coefficient (Wildman–Crippen LogP) is -1.89. The second-order valence-corrected chi connectivity index (χ2v) is 9.95. The molecule has 5 N–H and O–H groups in total. The van der Waals surface area contributed by atoms with Crippen LogP contribution in [0.3, 0.4) is 0 Å². The molecular weight excluding hydrogens is 476 g/mol. The number of halogens is 2. The molecule has 14 heteroatoms. The highest BCUT2D eigenvalue weighted by molar-refractivity contribution is 6.03. The number of carbonyl (C=O) groups is 2. The first-order valence-electron chi connectivity index (χ1n) is 12.5. The average molecular weight is 512 g/mol. The lowest BCUT2D eigenvalue weighted by molar-refractivity contribution is -0.144. The second-order valence-electron chi connectivity index (χ2n) is 9.95. The van der Waals surface area contributed by atoms with Gasteiger partial charge < -0.3 is 31.3 Å². The standard InChI is InChI=1S/C22H35F2N9O3/c1-30-6-7-36-12-16(30)22(35)32-4-2-31(3-5-32)18-14(24)9-26-10-15(18)28-21(34)17-19(25)29-33-11-13(23)8-27-20(17)33/h13-16,18,26-27H,2-12H2,1H3,(H2,25,29)(H,28,34). The topological polar surface area (TPSA) is 133 Å². The summed E-state index contributed by atoms with van der Waals surface area (Å²) in [6, 6.07) is -1.36. The number of alkyl halides is 2. The number of nitrogens with zero attached hydrogens (tertiary/aromatic N) is 5. The fourth-order valence-corrected chi connectivity index (χ4v) is 5.60. The van der Waals surface area contributed by atoms with Gasteiger partial charge in [0.1, 0.15) is 29.8 Å². The molecule has 4 aliphatic heterocycles. The Balaban J connectivity index is 1.24. The largest absolute Gasteiger partial charge is 0.381 e. The molecule has 1 aromatic heterocycles. The maximum absolute atomic E-state index is 15.2. The van der Waals surface area contributed by atoms with E-state index in [9.17, 15) is 14.0 Å². The average Bonchev–Trinajstić information content (AvgIpc) is 3.19. The van der Waals surface area contributed by atoms with Gasteiger partial charge in [0.2, 0.25) is 5.91 Å². The summed E-state index contributed by atoms with van der Waals surface area (Å²) in [5.74, 6) is -0.0586. The number of morpholine rings is 1. The number of likely N-dealkylation sites (N-methyl/N-ethyl adjacent to an activating group) is 1. The number of piperidine rings is 1. The minimum atomic E-state index is -1.20. The smallest absolute Gasteiger partial charge is 0.259 e. The van der Waals surface area contributed by atoms with Crippen molar-refractivity contribution in [2.75, 3.05) is 83.7 Å². The Morgan fingerprint density at radius 3 is 2.67 bits per heavy atom. The molecule has 12 nitrogen and oxygen atoms in total. The molecule has 4 aliphatic rings. The highest BCUT2D eigenvalue weighted by atomic mass is 19.1. The fraction of sp³-hybridized carbons (Fsp3) is 0.773. The van der Waals surface area contributed by atoms with Crippen molar-refractivity contribution in [3.05, 3.63) is 5.56 Å². The summed E-state index contributed by atoms with van der Waals surface area (Å²) in [6.07, 6.45) is -2.32. The number of nitrogens with one attached hydrogen (secondary N) is 3. The number of hydrogen-bond donors (Lipinski definition) is 4. The van der Waals surface area contributed by atoms with Crippen molar-refractivity contribution in [2.45, 2.75) is 37.0 Å². The van der Waals surface area contributed by atoms with E-state index in [0.29, 0.717) is 58.3 Å². The van der Waals surface area contributed by atoms with Gasteiger partial charge in [0.25, 0.3) is 5.91 Å². The van der Waals surface area contributed by atoms with Crippen LogP contribution in [0.5, 0.6) is 0 Å². The third kappa shape index (κ3) is 4.86. The number of fused-ring (bicyclic) bond motifs is 1. The molecule has 5 rings (SSSR count). The van der Waals surface area contributed by atoms with E-state index < -0.39 is 30.3 Å². The zero-order chi connectivity index (χ0) is 25.4. The maximum atomic E-state index is 15.2. The Morgan fingerprint density at radius 1 is 1.14 bits per heavy atom. The minimum absolute atomic E-state index is 0.00463. The molecule has 3 saturated heterocycles. The summed E-state index contributed by atoms with van der Waals surface area (Å²) in [5.41, 5.74) is 6.14. The van der Waals surface area contributed by atoms with Gasteiger partial charge in [-0.25, -0.2) is 13.5 Å². The van der Waals surface area contributed by atoms with Crippen molar-refractivity contribution in [1.82, 2.24) is 35.1 Å². The SMILES string of the molecule is CN1CCOCC1C(=O)N1CCN(C2C(F)CNCC2NC(=O)c2c(N)nn3c2NCC(F)C3)CC1. The Bertz CT molecular complexity index is 971. The number of amides is 2. The molecule has 0 aliphatic carbocycles. The maximum Gasteiger partial charge on any atom is 0.259 e. The molecule has 200 valence electrons. The third-order valence-electron chi connectivity index (χ3n) is 7.60. The van der Waals surface area contributed by atoms with Crippen LogP contribution in [0.1, 0.15) is 10.4 Å². The van der Waals surface area contributed by atoms with Crippen molar-refractivity contribution < 1.29 is 23.1 Å². The van der Waals surface area contributed by atoms with Crippen LogP contribution in [0.4, 0.5) is 20.4 Å². The highest BCUT2D eigenvalue weighted by Crippen LogP contribution is 2.27. The van der Waals surface area contributed by atoms with Gasteiger partial charge in [-0.1, -0.05) is 0 Å². The monoisotopic (exact) mass is 511 g/mol. The van der Waals surface area contributed by atoms with Gasteiger partial charge in [-0.3, -0.25) is 19.4 Å². The van der Waals surface area contributed by atoms with Gasteiger partial charge in [0.15, 0.2) is 5.82 Å². The summed E-state index contributed by atoms with van der Waals surface area (Å²) < 4.78 is 35.8. The van der Waals surface area contributed by atoms with Crippen molar-refractivity contribution in [3.63, 3.8) is 0 Å². The quantitative estimate of drug-likeness (QED) is 0.366. The van der Waals surface area contributed by atoms with Gasteiger partial charge in [-0.2, -0.15) is 5.10 Å². The number of nitrogen functional groups attached to an aromatic ring is 1.